The molecule has 3 heterocycles. The lowest BCUT2D eigenvalue weighted by atomic mass is 10.2. The number of aromatic nitrogens is 3. The second-order valence-corrected chi connectivity index (χ2v) is 4.85. The van der Waals surface area contributed by atoms with Crippen molar-refractivity contribution in [3.8, 4) is 0 Å². The summed E-state index contributed by atoms with van der Waals surface area (Å²) < 4.78 is 40.5. The van der Waals surface area contributed by atoms with Gasteiger partial charge in [-0.1, -0.05) is 0 Å². The van der Waals surface area contributed by atoms with Crippen LogP contribution in [0.4, 0.5) is 19.0 Å². The van der Waals surface area contributed by atoms with Gasteiger partial charge in [-0.15, -0.1) is 0 Å². The number of hydrogen-bond donors (Lipinski definition) is 0. The number of imidazole rings is 1. The van der Waals surface area contributed by atoms with Gasteiger partial charge < -0.3 is 9.47 Å². The lowest BCUT2D eigenvalue weighted by Crippen LogP contribution is -2.34. The van der Waals surface area contributed by atoms with Crippen molar-refractivity contribution in [3.63, 3.8) is 0 Å². The third kappa shape index (κ3) is 2.35. The Morgan fingerprint density at radius 2 is 2.00 bits per heavy atom. The van der Waals surface area contributed by atoms with E-state index in [1.807, 2.05) is 9.47 Å². The van der Waals surface area contributed by atoms with Crippen LogP contribution in [0.1, 0.15) is 17.0 Å². The summed E-state index contributed by atoms with van der Waals surface area (Å²) in [5, 5.41) is 0. The van der Waals surface area contributed by atoms with Crippen LogP contribution in [0.15, 0.2) is 24.7 Å². The molecule has 0 atom stereocenters. The number of fused-ring (bicyclic) bond motifs is 1. The Kier molecular flexibility index (Phi) is 2.92. The Morgan fingerprint density at radius 1 is 1.20 bits per heavy atom. The van der Waals surface area contributed by atoms with Gasteiger partial charge in [0.05, 0.1) is 24.1 Å². The van der Waals surface area contributed by atoms with E-state index in [2.05, 4.69) is 9.97 Å². The summed E-state index contributed by atoms with van der Waals surface area (Å²) in [6.07, 6.45) is -0.885. The number of aryl methyl sites for hydroxylation is 1. The van der Waals surface area contributed by atoms with Gasteiger partial charge in [-0.3, -0.25) is 0 Å². The molecule has 7 heteroatoms. The number of rotatable bonds is 1. The molecule has 3 rings (SSSR count). The van der Waals surface area contributed by atoms with Crippen LogP contribution in [0.5, 0.6) is 0 Å². The lowest BCUT2D eigenvalue weighted by molar-refractivity contribution is -0.137. The third-order valence-corrected chi connectivity index (χ3v) is 3.35. The Morgan fingerprint density at radius 3 is 2.75 bits per heavy atom. The van der Waals surface area contributed by atoms with Crippen molar-refractivity contribution >= 4 is 5.82 Å². The van der Waals surface area contributed by atoms with Crippen LogP contribution in [0, 0.1) is 6.92 Å². The fourth-order valence-corrected chi connectivity index (χ4v) is 2.36. The van der Waals surface area contributed by atoms with Gasteiger partial charge in [0.2, 0.25) is 0 Å². The Labute approximate surface area is 113 Å². The molecule has 0 N–H and O–H groups in total. The van der Waals surface area contributed by atoms with Crippen LogP contribution in [-0.4, -0.2) is 21.1 Å². The van der Waals surface area contributed by atoms with Gasteiger partial charge in [0.15, 0.2) is 0 Å². The summed E-state index contributed by atoms with van der Waals surface area (Å²) in [6, 6.07) is 2.18. The molecular formula is C13H13F3N4. The first-order valence-electron chi connectivity index (χ1n) is 6.23. The number of anilines is 1. The van der Waals surface area contributed by atoms with E-state index in [-0.39, 0.29) is 0 Å². The highest BCUT2D eigenvalue weighted by Gasteiger charge is 2.32. The van der Waals surface area contributed by atoms with E-state index in [0.717, 1.165) is 17.8 Å². The first-order valence-corrected chi connectivity index (χ1v) is 6.23. The van der Waals surface area contributed by atoms with E-state index in [0.29, 0.717) is 31.1 Å². The summed E-state index contributed by atoms with van der Waals surface area (Å²) in [4.78, 5) is 10.1. The molecule has 4 nitrogen and oxygen atoms in total. The van der Waals surface area contributed by atoms with Crippen LogP contribution in [0.3, 0.4) is 0 Å². The largest absolute Gasteiger partial charge is 0.416 e. The Hall–Kier alpha value is -2.05. The van der Waals surface area contributed by atoms with Crippen LogP contribution >= 0.6 is 0 Å². The zero-order valence-electron chi connectivity index (χ0n) is 10.9. The highest BCUT2D eigenvalue weighted by atomic mass is 19.4. The predicted molar refractivity (Wildman–Crippen MR) is 67.3 cm³/mol. The Balaban J connectivity index is 1.93. The maximum atomic E-state index is 12.8. The molecule has 0 saturated carbocycles. The monoisotopic (exact) mass is 282 g/mol. The van der Waals surface area contributed by atoms with Gasteiger partial charge in [-0.05, 0) is 19.1 Å². The van der Waals surface area contributed by atoms with Crippen molar-refractivity contribution in [3.05, 3.63) is 41.6 Å². The minimum atomic E-state index is -4.35. The van der Waals surface area contributed by atoms with E-state index in [1.54, 1.807) is 19.4 Å². The van der Waals surface area contributed by atoms with Crippen molar-refractivity contribution in [2.45, 2.75) is 26.2 Å². The third-order valence-electron chi connectivity index (χ3n) is 3.35. The summed E-state index contributed by atoms with van der Waals surface area (Å²) >= 11 is 0. The zero-order valence-corrected chi connectivity index (χ0v) is 10.9. The SMILES string of the molecule is Cc1cc(C(F)(F)F)cc(N2CCn3cncc3C2)n1. The van der Waals surface area contributed by atoms with Gasteiger partial charge in [0.1, 0.15) is 5.82 Å². The molecule has 0 unspecified atom stereocenters. The molecule has 0 bridgehead atoms. The maximum Gasteiger partial charge on any atom is 0.416 e. The van der Waals surface area contributed by atoms with E-state index in [1.165, 1.54) is 0 Å². The van der Waals surface area contributed by atoms with E-state index in [4.69, 9.17) is 0 Å². The molecule has 0 aliphatic carbocycles. The molecule has 0 radical (unpaired) electrons. The van der Waals surface area contributed by atoms with Gasteiger partial charge in [-0.25, -0.2) is 9.97 Å². The molecule has 0 saturated heterocycles. The normalized spacial score (nSPS) is 15.3. The molecule has 106 valence electrons. The summed E-state index contributed by atoms with van der Waals surface area (Å²) in [5.74, 6) is 0.366. The van der Waals surface area contributed by atoms with Crippen LogP contribution < -0.4 is 4.90 Å². The molecule has 0 fully saturated rings. The first-order chi connectivity index (χ1) is 9.43. The standard InChI is InChI=1S/C13H13F3N4/c1-9-4-10(13(14,15)16)5-12(18-9)19-2-3-20-8-17-6-11(20)7-19/h4-6,8H,2-3,7H2,1H3. The number of pyridine rings is 1. The molecular weight excluding hydrogens is 269 g/mol. The van der Waals surface area contributed by atoms with E-state index in [9.17, 15) is 13.2 Å². The van der Waals surface area contributed by atoms with Crippen molar-refractivity contribution < 1.29 is 13.2 Å². The van der Waals surface area contributed by atoms with Crippen LogP contribution in [0.2, 0.25) is 0 Å². The van der Waals surface area contributed by atoms with Crippen molar-refractivity contribution in [1.29, 1.82) is 0 Å². The van der Waals surface area contributed by atoms with Crippen molar-refractivity contribution in [1.82, 2.24) is 14.5 Å². The molecule has 0 amide bonds. The second kappa shape index (κ2) is 4.50. The Bertz CT molecular complexity index is 633. The molecule has 0 aromatic carbocycles. The molecule has 2 aromatic heterocycles. The molecule has 2 aromatic rings. The fourth-order valence-electron chi connectivity index (χ4n) is 2.36. The minimum absolute atomic E-state index is 0.366. The first kappa shape index (κ1) is 13.0. The van der Waals surface area contributed by atoms with Gasteiger partial charge in [0.25, 0.3) is 0 Å². The van der Waals surface area contributed by atoms with Crippen LogP contribution in [-0.2, 0) is 19.3 Å². The van der Waals surface area contributed by atoms with Gasteiger partial charge in [0, 0.05) is 25.0 Å². The lowest BCUT2D eigenvalue weighted by Gasteiger charge is -2.29. The zero-order chi connectivity index (χ0) is 14.3. The van der Waals surface area contributed by atoms with Gasteiger partial charge >= 0.3 is 6.18 Å². The smallest absolute Gasteiger partial charge is 0.349 e. The predicted octanol–water partition coefficient (Wildman–Crippen LogP) is 2.63. The highest BCUT2D eigenvalue weighted by Crippen LogP contribution is 2.32. The second-order valence-electron chi connectivity index (χ2n) is 4.85. The molecule has 1 aliphatic rings. The average Bonchev–Trinajstić information content (AvgIpc) is 2.84. The summed E-state index contributed by atoms with van der Waals surface area (Å²) in [7, 11) is 0. The summed E-state index contributed by atoms with van der Waals surface area (Å²) in [6.45, 7) is 3.42. The quantitative estimate of drug-likeness (QED) is 0.806. The van der Waals surface area contributed by atoms with E-state index < -0.39 is 11.7 Å². The highest BCUT2D eigenvalue weighted by molar-refractivity contribution is 5.44. The molecule has 20 heavy (non-hydrogen) atoms. The number of nitrogens with zero attached hydrogens (tertiary/aromatic N) is 4. The van der Waals surface area contributed by atoms with Crippen LogP contribution in [0.25, 0.3) is 0 Å². The fraction of sp³-hybridized carbons (Fsp3) is 0.385. The summed E-state index contributed by atoms with van der Waals surface area (Å²) in [5.41, 5.74) is 0.695. The number of hydrogen-bond acceptors (Lipinski definition) is 3. The number of alkyl halides is 3. The molecule has 0 spiro atoms. The van der Waals surface area contributed by atoms with Gasteiger partial charge in [-0.2, -0.15) is 13.2 Å². The van der Waals surface area contributed by atoms with E-state index >= 15 is 0 Å². The maximum absolute atomic E-state index is 12.8. The van der Waals surface area contributed by atoms with Crippen molar-refractivity contribution in [2.24, 2.45) is 0 Å². The molecule has 1 aliphatic heterocycles. The average molecular weight is 282 g/mol. The topological polar surface area (TPSA) is 34.0 Å². The van der Waals surface area contributed by atoms with Crippen molar-refractivity contribution in [2.75, 3.05) is 11.4 Å². The minimum Gasteiger partial charge on any atom is -0.349 e. The number of halogens is 3.